The van der Waals surface area contributed by atoms with Crippen LogP contribution in [0.3, 0.4) is 0 Å². The highest BCUT2D eigenvalue weighted by atomic mass is 32.2. The second-order valence-corrected chi connectivity index (χ2v) is 8.26. The van der Waals surface area contributed by atoms with E-state index in [0.29, 0.717) is 22.8 Å². The number of benzene rings is 1. The van der Waals surface area contributed by atoms with Gasteiger partial charge in [0, 0.05) is 11.7 Å². The average molecular weight is 295 g/mol. The quantitative estimate of drug-likeness (QED) is 0.921. The third-order valence-electron chi connectivity index (χ3n) is 4.47. The molecule has 2 unspecified atom stereocenters. The first-order valence-electron chi connectivity index (χ1n) is 7.53. The molecule has 20 heavy (non-hydrogen) atoms. The molecular formula is C16H25NO2S. The highest BCUT2D eigenvalue weighted by Crippen LogP contribution is 2.31. The van der Waals surface area contributed by atoms with Crippen LogP contribution in [0.25, 0.3) is 0 Å². The van der Waals surface area contributed by atoms with E-state index in [2.05, 4.69) is 19.2 Å². The number of nitrogens with one attached hydrogen (secondary N) is 1. The van der Waals surface area contributed by atoms with Crippen LogP contribution in [-0.4, -0.2) is 20.2 Å². The molecule has 1 fully saturated rings. The molecule has 0 aromatic heterocycles. The van der Waals surface area contributed by atoms with E-state index in [4.69, 9.17) is 0 Å². The van der Waals surface area contributed by atoms with Crippen molar-refractivity contribution in [3.8, 4) is 0 Å². The van der Waals surface area contributed by atoms with Crippen molar-refractivity contribution in [2.75, 3.05) is 11.1 Å². The summed E-state index contributed by atoms with van der Waals surface area (Å²) in [5.74, 6) is 1.48. The minimum Gasteiger partial charge on any atom is -0.382 e. The summed E-state index contributed by atoms with van der Waals surface area (Å²) < 4.78 is 23.6. The fraction of sp³-hybridized carbons (Fsp3) is 0.625. The van der Waals surface area contributed by atoms with Gasteiger partial charge in [0.2, 0.25) is 0 Å². The van der Waals surface area contributed by atoms with Gasteiger partial charge >= 0.3 is 0 Å². The van der Waals surface area contributed by atoms with Gasteiger partial charge in [-0.25, -0.2) is 8.42 Å². The Hall–Kier alpha value is -1.03. The van der Waals surface area contributed by atoms with Crippen molar-refractivity contribution in [2.24, 2.45) is 11.8 Å². The molecule has 0 bridgehead atoms. The second-order valence-electron chi connectivity index (χ2n) is 5.98. The Morgan fingerprint density at radius 3 is 2.15 bits per heavy atom. The monoisotopic (exact) mass is 295 g/mol. The lowest BCUT2D eigenvalue weighted by Gasteiger charge is -2.35. The predicted molar refractivity (Wildman–Crippen MR) is 83.8 cm³/mol. The van der Waals surface area contributed by atoms with E-state index in [0.717, 1.165) is 5.69 Å². The molecule has 1 saturated carbocycles. The van der Waals surface area contributed by atoms with Crippen molar-refractivity contribution in [1.29, 1.82) is 0 Å². The molecule has 0 spiro atoms. The highest BCUT2D eigenvalue weighted by Gasteiger charge is 2.27. The number of anilines is 1. The number of sulfone groups is 1. The van der Waals surface area contributed by atoms with Gasteiger partial charge in [0.25, 0.3) is 0 Å². The normalized spacial score (nSPS) is 27.2. The van der Waals surface area contributed by atoms with Crippen LogP contribution in [0.15, 0.2) is 29.2 Å². The molecule has 0 amide bonds. The van der Waals surface area contributed by atoms with E-state index < -0.39 is 9.84 Å². The Morgan fingerprint density at radius 2 is 1.65 bits per heavy atom. The zero-order valence-electron chi connectivity index (χ0n) is 12.6. The molecule has 0 heterocycles. The number of hydrogen-bond acceptors (Lipinski definition) is 3. The van der Waals surface area contributed by atoms with Crippen LogP contribution >= 0.6 is 0 Å². The van der Waals surface area contributed by atoms with Crippen LogP contribution in [0.4, 0.5) is 5.69 Å². The summed E-state index contributed by atoms with van der Waals surface area (Å²) in [6.07, 6.45) is 3.85. The smallest absolute Gasteiger partial charge is 0.178 e. The van der Waals surface area contributed by atoms with Crippen molar-refractivity contribution < 1.29 is 8.42 Å². The number of rotatable bonds is 4. The highest BCUT2D eigenvalue weighted by molar-refractivity contribution is 7.91. The van der Waals surface area contributed by atoms with Crippen LogP contribution in [-0.2, 0) is 9.84 Å². The van der Waals surface area contributed by atoms with E-state index in [9.17, 15) is 8.42 Å². The Morgan fingerprint density at radius 1 is 1.10 bits per heavy atom. The molecular weight excluding hydrogens is 270 g/mol. The summed E-state index contributed by atoms with van der Waals surface area (Å²) in [4.78, 5) is 0.412. The zero-order chi connectivity index (χ0) is 14.8. The fourth-order valence-electron chi connectivity index (χ4n) is 3.08. The summed E-state index contributed by atoms with van der Waals surface area (Å²) in [6, 6.07) is 7.67. The van der Waals surface area contributed by atoms with Gasteiger partial charge < -0.3 is 5.32 Å². The average Bonchev–Trinajstić information content (AvgIpc) is 2.43. The fourth-order valence-corrected chi connectivity index (χ4v) is 3.97. The van der Waals surface area contributed by atoms with Crippen molar-refractivity contribution in [2.45, 2.75) is 51.0 Å². The van der Waals surface area contributed by atoms with Crippen LogP contribution < -0.4 is 5.32 Å². The molecule has 0 radical (unpaired) electrons. The van der Waals surface area contributed by atoms with E-state index in [1.165, 1.54) is 19.3 Å². The standard InChI is InChI=1S/C16H25NO2S/c1-4-20(18,19)15-10-8-14(9-11-15)17-16-12(2)6-5-7-13(16)3/h8-13,16-17H,4-7H2,1-3H3. The molecule has 1 aromatic carbocycles. The van der Waals surface area contributed by atoms with E-state index in [1.54, 1.807) is 19.1 Å². The van der Waals surface area contributed by atoms with E-state index in [-0.39, 0.29) is 5.75 Å². The molecule has 1 aromatic rings. The van der Waals surface area contributed by atoms with Crippen LogP contribution in [0.1, 0.15) is 40.0 Å². The number of hydrogen-bond donors (Lipinski definition) is 1. The summed E-state index contributed by atoms with van der Waals surface area (Å²) >= 11 is 0. The van der Waals surface area contributed by atoms with Crippen LogP contribution in [0.5, 0.6) is 0 Å². The van der Waals surface area contributed by atoms with Gasteiger partial charge in [-0.2, -0.15) is 0 Å². The Balaban J connectivity index is 2.11. The molecule has 1 N–H and O–H groups in total. The first-order valence-corrected chi connectivity index (χ1v) is 9.18. The molecule has 0 aliphatic heterocycles. The van der Waals surface area contributed by atoms with Gasteiger partial charge in [0.05, 0.1) is 10.6 Å². The first kappa shape index (κ1) is 15.4. The van der Waals surface area contributed by atoms with Gasteiger partial charge in [0.15, 0.2) is 9.84 Å². The predicted octanol–water partition coefficient (Wildman–Crippen LogP) is 3.72. The molecule has 2 atom stereocenters. The third kappa shape index (κ3) is 3.35. The topological polar surface area (TPSA) is 46.2 Å². The van der Waals surface area contributed by atoms with Gasteiger partial charge in [0.1, 0.15) is 0 Å². The third-order valence-corrected chi connectivity index (χ3v) is 6.22. The van der Waals surface area contributed by atoms with Gasteiger partial charge in [-0.3, -0.25) is 0 Å². The maximum Gasteiger partial charge on any atom is 0.178 e. The van der Waals surface area contributed by atoms with Crippen molar-refractivity contribution in [1.82, 2.24) is 0 Å². The van der Waals surface area contributed by atoms with Crippen LogP contribution in [0.2, 0.25) is 0 Å². The van der Waals surface area contributed by atoms with Crippen molar-refractivity contribution in [3.05, 3.63) is 24.3 Å². The minimum absolute atomic E-state index is 0.149. The molecule has 0 saturated heterocycles. The summed E-state index contributed by atoms with van der Waals surface area (Å²) in [7, 11) is -3.10. The van der Waals surface area contributed by atoms with Gasteiger partial charge in [-0.1, -0.05) is 27.2 Å². The SMILES string of the molecule is CCS(=O)(=O)c1ccc(NC2C(C)CCCC2C)cc1. The lowest BCUT2D eigenvalue weighted by molar-refractivity contribution is 0.268. The van der Waals surface area contributed by atoms with Gasteiger partial charge in [-0.05, 0) is 48.9 Å². The Labute approximate surface area is 122 Å². The molecule has 2 rings (SSSR count). The molecule has 112 valence electrons. The van der Waals surface area contributed by atoms with Crippen molar-refractivity contribution in [3.63, 3.8) is 0 Å². The zero-order valence-corrected chi connectivity index (χ0v) is 13.4. The minimum atomic E-state index is -3.10. The molecule has 4 heteroatoms. The second kappa shape index (κ2) is 6.17. The maximum atomic E-state index is 11.8. The summed E-state index contributed by atoms with van der Waals surface area (Å²) in [5.41, 5.74) is 1.02. The van der Waals surface area contributed by atoms with Crippen LogP contribution in [0, 0.1) is 11.8 Å². The summed E-state index contributed by atoms with van der Waals surface area (Å²) in [6.45, 7) is 6.26. The van der Waals surface area contributed by atoms with E-state index >= 15 is 0 Å². The summed E-state index contributed by atoms with van der Waals surface area (Å²) in [5, 5.41) is 3.58. The lowest BCUT2D eigenvalue weighted by Crippen LogP contribution is -2.37. The largest absolute Gasteiger partial charge is 0.382 e. The lowest BCUT2D eigenvalue weighted by atomic mass is 9.78. The van der Waals surface area contributed by atoms with Crippen molar-refractivity contribution >= 4 is 15.5 Å². The van der Waals surface area contributed by atoms with Gasteiger partial charge in [-0.15, -0.1) is 0 Å². The molecule has 1 aliphatic carbocycles. The Kier molecular flexibility index (Phi) is 4.74. The molecule has 1 aliphatic rings. The van der Waals surface area contributed by atoms with E-state index in [1.807, 2.05) is 12.1 Å². The Bertz CT molecular complexity index is 526. The molecule has 3 nitrogen and oxygen atoms in total. The maximum absolute atomic E-state index is 11.8. The first-order chi connectivity index (χ1) is 9.44.